The molecule has 3 nitrogen and oxygen atoms in total. The Morgan fingerprint density at radius 1 is 1.18 bits per heavy atom. The molecule has 0 atom stereocenters. The van der Waals surface area contributed by atoms with Crippen molar-refractivity contribution in [2.24, 2.45) is 5.73 Å². The molecule has 0 saturated heterocycles. The van der Waals surface area contributed by atoms with Gasteiger partial charge in [-0.25, -0.2) is 0 Å². The van der Waals surface area contributed by atoms with E-state index in [-0.39, 0.29) is 5.84 Å². The molecule has 0 radical (unpaired) electrons. The van der Waals surface area contributed by atoms with E-state index in [1.807, 2.05) is 0 Å². The van der Waals surface area contributed by atoms with Crippen molar-refractivity contribution in [3.05, 3.63) is 35.4 Å². The molecule has 0 aliphatic heterocycles. The highest BCUT2D eigenvalue weighted by molar-refractivity contribution is 5.76. The van der Waals surface area contributed by atoms with Crippen molar-refractivity contribution in [2.75, 3.05) is 13.1 Å². The fourth-order valence-electron chi connectivity index (χ4n) is 1.77. The fourth-order valence-corrected chi connectivity index (χ4v) is 1.77. The van der Waals surface area contributed by atoms with Gasteiger partial charge in [0.05, 0.1) is 5.84 Å². The molecule has 0 aliphatic carbocycles. The summed E-state index contributed by atoms with van der Waals surface area (Å²) in [7, 11) is 0. The van der Waals surface area contributed by atoms with Gasteiger partial charge >= 0.3 is 0 Å². The predicted octanol–water partition coefficient (Wildman–Crippen LogP) is 2.40. The molecule has 0 unspecified atom stereocenters. The van der Waals surface area contributed by atoms with Crippen LogP contribution < -0.4 is 5.73 Å². The third-order valence-corrected chi connectivity index (χ3v) is 2.98. The van der Waals surface area contributed by atoms with E-state index in [0.29, 0.717) is 6.42 Å². The van der Waals surface area contributed by atoms with Crippen LogP contribution >= 0.6 is 0 Å². The van der Waals surface area contributed by atoms with Crippen molar-refractivity contribution < 1.29 is 0 Å². The predicted molar refractivity (Wildman–Crippen MR) is 73.3 cm³/mol. The smallest absolute Gasteiger partial charge is 0.0918 e. The van der Waals surface area contributed by atoms with E-state index < -0.39 is 0 Å². The number of aryl methyl sites for hydroxylation is 1. The molecule has 3 heteroatoms. The molecule has 0 heterocycles. The quantitative estimate of drug-likeness (QED) is 0.561. The summed E-state index contributed by atoms with van der Waals surface area (Å²) in [5.41, 5.74) is 8.09. The lowest BCUT2D eigenvalue weighted by molar-refractivity contribution is 0.288. The molecule has 1 aromatic rings. The molecule has 0 aromatic heterocycles. The minimum absolute atomic E-state index is 0.268. The van der Waals surface area contributed by atoms with Crippen LogP contribution in [0.15, 0.2) is 24.3 Å². The first kappa shape index (κ1) is 13.7. The first-order valence-corrected chi connectivity index (χ1v) is 6.28. The lowest BCUT2D eigenvalue weighted by Crippen LogP contribution is -2.27. The van der Waals surface area contributed by atoms with Crippen LogP contribution in [0.1, 0.15) is 31.4 Å². The van der Waals surface area contributed by atoms with Gasteiger partial charge in [0.25, 0.3) is 0 Å². The third-order valence-electron chi connectivity index (χ3n) is 2.98. The maximum atomic E-state index is 7.25. The average Bonchev–Trinajstić information content (AvgIpc) is 2.35. The highest BCUT2D eigenvalue weighted by Crippen LogP contribution is 2.08. The van der Waals surface area contributed by atoms with Gasteiger partial charge in [0.1, 0.15) is 0 Å². The fraction of sp³-hybridized carbons (Fsp3) is 0.500. The minimum Gasteiger partial charge on any atom is -0.388 e. The number of benzene rings is 1. The lowest BCUT2D eigenvalue weighted by Gasteiger charge is -2.20. The lowest BCUT2D eigenvalue weighted by atomic mass is 10.1. The Kier molecular flexibility index (Phi) is 5.70. The van der Waals surface area contributed by atoms with Crippen LogP contribution in [0.2, 0.25) is 0 Å². The van der Waals surface area contributed by atoms with Gasteiger partial charge in [-0.3, -0.25) is 10.3 Å². The standard InChI is InChI=1S/C14H23N3/c1-3-12-5-7-13(8-6-12)11-17(4-2)10-9-14(15)16/h5-8H,3-4,9-11H2,1-2H3,(H3,15,16). The molecule has 0 amide bonds. The van der Waals surface area contributed by atoms with Crippen LogP contribution in [-0.2, 0) is 13.0 Å². The highest BCUT2D eigenvalue weighted by atomic mass is 15.1. The van der Waals surface area contributed by atoms with Crippen LogP contribution in [-0.4, -0.2) is 23.8 Å². The number of nitrogens with two attached hydrogens (primary N) is 1. The number of amidine groups is 1. The van der Waals surface area contributed by atoms with Crippen LogP contribution in [0.4, 0.5) is 0 Å². The van der Waals surface area contributed by atoms with Crippen molar-refractivity contribution in [1.82, 2.24) is 4.90 Å². The maximum Gasteiger partial charge on any atom is 0.0918 e. The van der Waals surface area contributed by atoms with Gasteiger partial charge in [-0.15, -0.1) is 0 Å². The topological polar surface area (TPSA) is 53.1 Å². The summed E-state index contributed by atoms with van der Waals surface area (Å²) >= 11 is 0. The van der Waals surface area contributed by atoms with Crippen LogP contribution in [0.3, 0.4) is 0 Å². The SMILES string of the molecule is CCc1ccc(CN(CC)CCC(=N)N)cc1. The summed E-state index contributed by atoms with van der Waals surface area (Å²) in [6, 6.07) is 8.76. The van der Waals surface area contributed by atoms with Crippen molar-refractivity contribution in [3.8, 4) is 0 Å². The maximum absolute atomic E-state index is 7.25. The van der Waals surface area contributed by atoms with Crippen molar-refractivity contribution in [3.63, 3.8) is 0 Å². The largest absolute Gasteiger partial charge is 0.388 e. The summed E-state index contributed by atoms with van der Waals surface area (Å²) in [6.07, 6.45) is 1.74. The molecule has 3 N–H and O–H groups in total. The zero-order valence-electron chi connectivity index (χ0n) is 10.9. The van der Waals surface area contributed by atoms with Crippen molar-refractivity contribution in [1.29, 1.82) is 5.41 Å². The second-order valence-corrected chi connectivity index (χ2v) is 4.31. The van der Waals surface area contributed by atoms with Gasteiger partial charge in [0, 0.05) is 19.5 Å². The van der Waals surface area contributed by atoms with Crippen molar-refractivity contribution >= 4 is 5.84 Å². The Bertz CT molecular complexity index is 343. The first-order chi connectivity index (χ1) is 8.15. The summed E-state index contributed by atoms with van der Waals surface area (Å²) in [5.74, 6) is 0.268. The third kappa shape index (κ3) is 5.00. The Hall–Kier alpha value is -1.35. The molecule has 1 aromatic carbocycles. The molecule has 1 rings (SSSR count). The zero-order chi connectivity index (χ0) is 12.7. The van der Waals surface area contributed by atoms with E-state index in [9.17, 15) is 0 Å². The summed E-state index contributed by atoms with van der Waals surface area (Å²) < 4.78 is 0. The van der Waals surface area contributed by atoms with Gasteiger partial charge in [-0.2, -0.15) is 0 Å². The molecule has 0 bridgehead atoms. The van der Waals surface area contributed by atoms with E-state index in [1.54, 1.807) is 0 Å². The monoisotopic (exact) mass is 233 g/mol. The van der Waals surface area contributed by atoms with Gasteiger partial charge in [-0.05, 0) is 24.1 Å². The Morgan fingerprint density at radius 2 is 1.76 bits per heavy atom. The molecule has 0 fully saturated rings. The van der Waals surface area contributed by atoms with E-state index in [0.717, 1.165) is 26.1 Å². The van der Waals surface area contributed by atoms with Crippen molar-refractivity contribution in [2.45, 2.75) is 33.2 Å². The number of hydrogen-bond acceptors (Lipinski definition) is 2. The molecular formula is C14H23N3. The molecule has 94 valence electrons. The molecular weight excluding hydrogens is 210 g/mol. The molecule has 0 saturated carbocycles. The minimum atomic E-state index is 0.268. The van der Waals surface area contributed by atoms with Gasteiger partial charge < -0.3 is 5.73 Å². The van der Waals surface area contributed by atoms with Crippen LogP contribution in [0, 0.1) is 5.41 Å². The van der Waals surface area contributed by atoms with E-state index >= 15 is 0 Å². The Labute approximate surface area is 104 Å². The van der Waals surface area contributed by atoms with Crippen LogP contribution in [0.25, 0.3) is 0 Å². The summed E-state index contributed by atoms with van der Waals surface area (Å²) in [4.78, 5) is 2.31. The first-order valence-electron chi connectivity index (χ1n) is 6.28. The average molecular weight is 233 g/mol. The second kappa shape index (κ2) is 7.07. The molecule has 0 aliphatic rings. The summed E-state index contributed by atoms with van der Waals surface area (Å²) in [5, 5.41) is 7.25. The van der Waals surface area contributed by atoms with E-state index in [4.69, 9.17) is 11.1 Å². The Morgan fingerprint density at radius 3 is 2.24 bits per heavy atom. The number of rotatable bonds is 7. The van der Waals surface area contributed by atoms with E-state index in [1.165, 1.54) is 11.1 Å². The number of nitrogens with one attached hydrogen (secondary N) is 1. The second-order valence-electron chi connectivity index (χ2n) is 4.31. The van der Waals surface area contributed by atoms with Gasteiger partial charge in [0.15, 0.2) is 0 Å². The summed E-state index contributed by atoms with van der Waals surface area (Å²) in [6.45, 7) is 7.10. The van der Waals surface area contributed by atoms with Gasteiger partial charge in [0.2, 0.25) is 0 Å². The normalized spacial score (nSPS) is 10.8. The number of hydrogen-bond donors (Lipinski definition) is 2. The zero-order valence-corrected chi connectivity index (χ0v) is 10.9. The Balaban J connectivity index is 2.51. The number of nitrogens with zero attached hydrogens (tertiary/aromatic N) is 1. The molecule has 0 spiro atoms. The highest BCUT2D eigenvalue weighted by Gasteiger charge is 2.04. The van der Waals surface area contributed by atoms with E-state index in [2.05, 4.69) is 43.0 Å². The van der Waals surface area contributed by atoms with Crippen LogP contribution in [0.5, 0.6) is 0 Å². The molecule has 17 heavy (non-hydrogen) atoms. The van der Waals surface area contributed by atoms with Gasteiger partial charge in [-0.1, -0.05) is 38.1 Å².